The first-order chi connectivity index (χ1) is 12.0. The van der Waals surface area contributed by atoms with E-state index in [0.29, 0.717) is 12.3 Å². The van der Waals surface area contributed by atoms with Crippen LogP contribution < -0.4 is 16.1 Å². The highest BCUT2D eigenvalue weighted by Gasteiger charge is 2.12. The maximum absolute atomic E-state index is 12.0. The van der Waals surface area contributed by atoms with Crippen molar-refractivity contribution in [1.82, 2.24) is 10.7 Å². The van der Waals surface area contributed by atoms with Crippen LogP contribution in [0.15, 0.2) is 29.4 Å². The topological polar surface area (TPSA) is 109 Å². The summed E-state index contributed by atoms with van der Waals surface area (Å²) in [6.07, 6.45) is 0.807. The van der Waals surface area contributed by atoms with Crippen molar-refractivity contribution < 1.29 is 19.1 Å². The molecule has 0 aliphatic rings. The molecule has 0 atom stereocenters. The fraction of sp³-hybridized carbons (Fsp3) is 0.412. The standard InChI is InChI=1S/C17H24N4O4/c1-4-13-7-5-6-8-14(13)19-15(22)11-12(2)20-21-17(24)16(23)18-9-10-25-3/h5-8H,4,9-11H2,1-3H3,(H,18,23)(H,19,22)(H,21,24)/b20-12+. The summed E-state index contributed by atoms with van der Waals surface area (Å²) in [5.41, 5.74) is 4.28. The number of anilines is 1. The second-order valence-electron chi connectivity index (χ2n) is 5.27. The highest BCUT2D eigenvalue weighted by molar-refractivity contribution is 6.35. The zero-order valence-electron chi connectivity index (χ0n) is 14.7. The van der Waals surface area contributed by atoms with Crippen molar-refractivity contribution in [3.05, 3.63) is 29.8 Å². The molecule has 25 heavy (non-hydrogen) atoms. The van der Waals surface area contributed by atoms with Gasteiger partial charge in [-0.2, -0.15) is 5.10 Å². The summed E-state index contributed by atoms with van der Waals surface area (Å²) in [6, 6.07) is 7.53. The van der Waals surface area contributed by atoms with E-state index in [9.17, 15) is 14.4 Å². The van der Waals surface area contributed by atoms with E-state index in [1.807, 2.05) is 31.2 Å². The van der Waals surface area contributed by atoms with Crippen LogP contribution >= 0.6 is 0 Å². The lowest BCUT2D eigenvalue weighted by Crippen LogP contribution is -2.39. The molecule has 0 aliphatic carbocycles. The number of aryl methyl sites for hydroxylation is 1. The van der Waals surface area contributed by atoms with Crippen molar-refractivity contribution in [3.8, 4) is 0 Å². The van der Waals surface area contributed by atoms with Crippen LogP contribution in [0.25, 0.3) is 0 Å². The third-order valence-electron chi connectivity index (χ3n) is 3.24. The minimum Gasteiger partial charge on any atom is -0.383 e. The van der Waals surface area contributed by atoms with E-state index >= 15 is 0 Å². The summed E-state index contributed by atoms with van der Waals surface area (Å²) in [7, 11) is 1.49. The van der Waals surface area contributed by atoms with Crippen molar-refractivity contribution >= 4 is 29.1 Å². The summed E-state index contributed by atoms with van der Waals surface area (Å²) in [5, 5.41) is 8.94. The van der Waals surface area contributed by atoms with Crippen LogP contribution in [0.2, 0.25) is 0 Å². The Morgan fingerprint density at radius 3 is 2.56 bits per heavy atom. The van der Waals surface area contributed by atoms with E-state index in [2.05, 4.69) is 21.2 Å². The van der Waals surface area contributed by atoms with E-state index in [-0.39, 0.29) is 18.9 Å². The van der Waals surface area contributed by atoms with Gasteiger partial charge in [0.15, 0.2) is 0 Å². The molecule has 3 amide bonds. The molecule has 0 saturated carbocycles. The number of rotatable bonds is 8. The van der Waals surface area contributed by atoms with Gasteiger partial charge in [-0.1, -0.05) is 25.1 Å². The number of para-hydroxylation sites is 1. The Morgan fingerprint density at radius 1 is 1.16 bits per heavy atom. The summed E-state index contributed by atoms with van der Waals surface area (Å²) in [5.74, 6) is -1.96. The Balaban J connectivity index is 2.47. The molecule has 1 aromatic rings. The number of amides is 3. The number of ether oxygens (including phenoxy) is 1. The fourth-order valence-electron chi connectivity index (χ4n) is 1.96. The van der Waals surface area contributed by atoms with E-state index in [4.69, 9.17) is 4.74 Å². The van der Waals surface area contributed by atoms with E-state index < -0.39 is 11.8 Å². The number of hydrogen-bond acceptors (Lipinski definition) is 5. The number of benzene rings is 1. The third-order valence-corrected chi connectivity index (χ3v) is 3.24. The molecular formula is C17H24N4O4. The Labute approximate surface area is 147 Å². The molecule has 3 N–H and O–H groups in total. The van der Waals surface area contributed by atoms with Gasteiger partial charge in [-0.25, -0.2) is 5.43 Å². The molecule has 0 saturated heterocycles. The van der Waals surface area contributed by atoms with Gasteiger partial charge in [-0.15, -0.1) is 0 Å². The summed E-state index contributed by atoms with van der Waals surface area (Å²) < 4.78 is 4.76. The molecule has 1 aromatic carbocycles. The van der Waals surface area contributed by atoms with Crippen LogP contribution in [0.4, 0.5) is 5.69 Å². The smallest absolute Gasteiger partial charge is 0.329 e. The molecule has 8 heteroatoms. The van der Waals surface area contributed by atoms with Gasteiger partial charge in [0.1, 0.15) is 0 Å². The second kappa shape index (κ2) is 10.9. The van der Waals surface area contributed by atoms with Crippen LogP contribution in [-0.2, 0) is 25.5 Å². The molecule has 0 aromatic heterocycles. The number of carbonyl (C=O) groups is 3. The maximum Gasteiger partial charge on any atom is 0.329 e. The SMILES string of the molecule is CCc1ccccc1NC(=O)C/C(C)=N/NC(=O)C(=O)NCCOC. The summed E-state index contributed by atoms with van der Waals surface area (Å²) >= 11 is 0. The van der Waals surface area contributed by atoms with Gasteiger partial charge in [-0.3, -0.25) is 14.4 Å². The highest BCUT2D eigenvalue weighted by Crippen LogP contribution is 2.15. The lowest BCUT2D eigenvalue weighted by atomic mass is 10.1. The predicted molar refractivity (Wildman–Crippen MR) is 95.2 cm³/mol. The van der Waals surface area contributed by atoms with Gasteiger partial charge in [0.25, 0.3) is 0 Å². The van der Waals surface area contributed by atoms with E-state index in [0.717, 1.165) is 17.7 Å². The first-order valence-electron chi connectivity index (χ1n) is 7.96. The summed E-state index contributed by atoms with van der Waals surface area (Å²) in [4.78, 5) is 35.0. The Morgan fingerprint density at radius 2 is 1.88 bits per heavy atom. The lowest BCUT2D eigenvalue weighted by molar-refractivity contribution is -0.139. The first-order valence-corrected chi connectivity index (χ1v) is 7.96. The van der Waals surface area contributed by atoms with Crippen LogP contribution in [0.3, 0.4) is 0 Å². The van der Waals surface area contributed by atoms with Gasteiger partial charge in [0, 0.05) is 25.1 Å². The Kier molecular flexibility index (Phi) is 8.87. The lowest BCUT2D eigenvalue weighted by Gasteiger charge is -2.09. The highest BCUT2D eigenvalue weighted by atomic mass is 16.5. The van der Waals surface area contributed by atoms with E-state index in [1.165, 1.54) is 7.11 Å². The van der Waals surface area contributed by atoms with Gasteiger partial charge >= 0.3 is 11.8 Å². The zero-order chi connectivity index (χ0) is 18.7. The normalized spacial score (nSPS) is 10.9. The van der Waals surface area contributed by atoms with Crippen LogP contribution in [0.1, 0.15) is 25.8 Å². The Hall–Kier alpha value is -2.74. The number of methoxy groups -OCH3 is 1. The minimum absolute atomic E-state index is 0.00359. The second-order valence-corrected chi connectivity index (χ2v) is 5.27. The number of hydrazone groups is 1. The Bertz CT molecular complexity index is 643. The van der Waals surface area contributed by atoms with Crippen LogP contribution in [-0.4, -0.2) is 43.7 Å². The molecule has 0 heterocycles. The number of hydrogen-bond donors (Lipinski definition) is 3. The predicted octanol–water partition coefficient (Wildman–Crippen LogP) is 0.832. The molecule has 0 bridgehead atoms. The number of nitrogens with one attached hydrogen (secondary N) is 3. The molecule has 0 radical (unpaired) electrons. The van der Waals surface area contributed by atoms with Gasteiger partial charge in [0.05, 0.1) is 13.0 Å². The van der Waals surface area contributed by atoms with Crippen molar-refractivity contribution in [2.75, 3.05) is 25.6 Å². The molecule has 8 nitrogen and oxygen atoms in total. The van der Waals surface area contributed by atoms with Gasteiger partial charge in [-0.05, 0) is 25.0 Å². The molecule has 1 rings (SSSR count). The largest absolute Gasteiger partial charge is 0.383 e. The molecule has 0 aliphatic heterocycles. The van der Waals surface area contributed by atoms with Crippen LogP contribution in [0.5, 0.6) is 0 Å². The minimum atomic E-state index is -0.896. The van der Waals surface area contributed by atoms with Gasteiger partial charge < -0.3 is 15.4 Å². The van der Waals surface area contributed by atoms with E-state index in [1.54, 1.807) is 6.92 Å². The van der Waals surface area contributed by atoms with Crippen molar-refractivity contribution in [3.63, 3.8) is 0 Å². The average Bonchev–Trinajstić information content (AvgIpc) is 2.60. The first kappa shape index (κ1) is 20.3. The summed E-state index contributed by atoms with van der Waals surface area (Å²) in [6.45, 7) is 4.13. The molecule has 0 fully saturated rings. The third kappa shape index (κ3) is 7.58. The van der Waals surface area contributed by atoms with Crippen LogP contribution in [0, 0.1) is 0 Å². The monoisotopic (exact) mass is 348 g/mol. The van der Waals surface area contributed by atoms with Crippen molar-refractivity contribution in [1.29, 1.82) is 0 Å². The molecule has 0 spiro atoms. The number of carbonyl (C=O) groups excluding carboxylic acids is 3. The quantitative estimate of drug-likeness (QED) is 0.280. The van der Waals surface area contributed by atoms with Crippen molar-refractivity contribution in [2.24, 2.45) is 5.10 Å². The molecule has 0 unspecified atom stereocenters. The number of nitrogens with zero attached hydrogens (tertiary/aromatic N) is 1. The average molecular weight is 348 g/mol. The fourth-order valence-corrected chi connectivity index (χ4v) is 1.96. The van der Waals surface area contributed by atoms with Gasteiger partial charge in [0.2, 0.25) is 5.91 Å². The molecular weight excluding hydrogens is 324 g/mol. The molecule has 136 valence electrons. The zero-order valence-corrected chi connectivity index (χ0v) is 14.7. The maximum atomic E-state index is 12.0. The van der Waals surface area contributed by atoms with Crippen molar-refractivity contribution in [2.45, 2.75) is 26.7 Å².